The van der Waals surface area contributed by atoms with Gasteiger partial charge in [0, 0.05) is 50.2 Å². The largest absolute Gasteiger partial charge is 0.492 e. The Morgan fingerprint density at radius 3 is 2.41 bits per heavy atom. The number of benzene rings is 3. The fraction of sp³-hybridized carbons (Fsp3) is 0.389. The van der Waals surface area contributed by atoms with Crippen LogP contribution in [0.3, 0.4) is 0 Å². The Kier molecular flexibility index (Phi) is 10.7. The van der Waals surface area contributed by atoms with Crippen molar-refractivity contribution in [2.75, 3.05) is 33.3 Å². The van der Waals surface area contributed by atoms with Gasteiger partial charge in [0.05, 0.1) is 17.7 Å². The maximum Gasteiger partial charge on any atom is 0.251 e. The molecule has 5 rings (SSSR count). The second-order valence-electron chi connectivity index (χ2n) is 12.0. The summed E-state index contributed by atoms with van der Waals surface area (Å²) in [5.41, 5.74) is 5.21. The van der Waals surface area contributed by atoms with E-state index in [1.165, 1.54) is 5.56 Å². The van der Waals surface area contributed by atoms with Crippen LogP contribution in [0.15, 0.2) is 78.4 Å². The van der Waals surface area contributed by atoms with Crippen molar-refractivity contribution in [3.63, 3.8) is 0 Å². The predicted molar refractivity (Wildman–Crippen MR) is 178 cm³/mol. The number of amides is 2. The van der Waals surface area contributed by atoms with Crippen LogP contribution in [0.4, 0.5) is 0 Å². The summed E-state index contributed by atoms with van der Waals surface area (Å²) >= 11 is 12.6. The smallest absolute Gasteiger partial charge is 0.251 e. The lowest BCUT2D eigenvalue weighted by Crippen LogP contribution is -2.61. The molecule has 1 fully saturated rings. The lowest BCUT2D eigenvalue weighted by atomic mass is 9.82. The summed E-state index contributed by atoms with van der Waals surface area (Å²) in [6, 6.07) is 23.9. The summed E-state index contributed by atoms with van der Waals surface area (Å²) in [6.45, 7) is 6.07. The maximum atomic E-state index is 14.1. The molecule has 0 aliphatic carbocycles. The molecule has 2 unspecified atom stereocenters. The topological polar surface area (TPSA) is 61.9 Å². The summed E-state index contributed by atoms with van der Waals surface area (Å²) in [6.07, 6.45) is 3.23. The van der Waals surface area contributed by atoms with Crippen molar-refractivity contribution in [2.24, 2.45) is 0 Å². The molecule has 3 aromatic carbocycles. The van der Waals surface area contributed by atoms with Crippen LogP contribution < -0.4 is 10.1 Å². The van der Waals surface area contributed by atoms with E-state index >= 15 is 0 Å². The van der Waals surface area contributed by atoms with Crippen LogP contribution in [-0.4, -0.2) is 67.0 Å². The van der Waals surface area contributed by atoms with Crippen LogP contribution in [0, 0.1) is 0 Å². The van der Waals surface area contributed by atoms with Gasteiger partial charge in [-0.3, -0.25) is 9.59 Å². The molecule has 2 amide bonds. The molecule has 1 saturated heterocycles. The fourth-order valence-corrected chi connectivity index (χ4v) is 6.75. The van der Waals surface area contributed by atoms with Crippen LogP contribution in [0.1, 0.15) is 55.7 Å². The molecule has 232 valence electrons. The second-order valence-corrected chi connectivity index (χ2v) is 12.8. The summed E-state index contributed by atoms with van der Waals surface area (Å²) in [4.78, 5) is 30.2. The number of rotatable bonds is 11. The number of fused-ring (bicyclic) bond motifs is 2. The second kappa shape index (κ2) is 14.6. The van der Waals surface area contributed by atoms with Gasteiger partial charge in [0.25, 0.3) is 5.91 Å². The van der Waals surface area contributed by atoms with Gasteiger partial charge in [0.1, 0.15) is 5.75 Å². The minimum Gasteiger partial charge on any atom is -0.492 e. The molecule has 0 spiro atoms. The SMILES string of the molecule is CC(=O)N1CC2CC(c3ccc(CCCOc4ccccc4Cl)cc3)=C(C(=O)N(C)CC[C@H](C)c3ccccc3Cl)C(C1)N2. The highest BCUT2D eigenvalue weighted by Gasteiger charge is 2.39. The van der Waals surface area contributed by atoms with E-state index in [2.05, 4.69) is 42.6 Å². The molecule has 6 nitrogen and oxygen atoms in total. The third-order valence-corrected chi connectivity index (χ3v) is 9.42. The first-order valence-corrected chi connectivity index (χ1v) is 16.2. The molecule has 3 aromatic rings. The molecular formula is C36H41Cl2N3O3. The minimum absolute atomic E-state index is 0.00788. The van der Waals surface area contributed by atoms with Crippen molar-refractivity contribution in [2.45, 2.75) is 57.5 Å². The van der Waals surface area contributed by atoms with Crippen LogP contribution in [0.5, 0.6) is 5.75 Å². The van der Waals surface area contributed by atoms with E-state index in [1.807, 2.05) is 59.3 Å². The van der Waals surface area contributed by atoms with E-state index in [0.29, 0.717) is 43.4 Å². The summed E-state index contributed by atoms with van der Waals surface area (Å²) in [7, 11) is 1.87. The molecule has 2 aliphatic rings. The van der Waals surface area contributed by atoms with Crippen LogP contribution in [-0.2, 0) is 16.0 Å². The molecule has 2 aliphatic heterocycles. The highest BCUT2D eigenvalue weighted by molar-refractivity contribution is 6.32. The average Bonchev–Trinajstić information content (AvgIpc) is 3.02. The van der Waals surface area contributed by atoms with Crippen molar-refractivity contribution < 1.29 is 14.3 Å². The Hall–Kier alpha value is -3.32. The van der Waals surface area contributed by atoms with E-state index in [1.54, 1.807) is 6.92 Å². The zero-order valence-corrected chi connectivity index (χ0v) is 27.2. The van der Waals surface area contributed by atoms with E-state index in [-0.39, 0.29) is 29.8 Å². The third kappa shape index (κ3) is 7.66. The van der Waals surface area contributed by atoms with Gasteiger partial charge in [0.2, 0.25) is 5.91 Å². The van der Waals surface area contributed by atoms with Gasteiger partial charge in [-0.15, -0.1) is 0 Å². The average molecular weight is 635 g/mol. The Morgan fingerprint density at radius 1 is 1.00 bits per heavy atom. The number of carbonyl (C=O) groups is 2. The van der Waals surface area contributed by atoms with Gasteiger partial charge >= 0.3 is 0 Å². The zero-order chi connectivity index (χ0) is 31.2. The number of likely N-dealkylation sites (N-methyl/N-ethyl adjacent to an activating group) is 1. The number of hydrogen-bond acceptors (Lipinski definition) is 4. The van der Waals surface area contributed by atoms with E-state index in [9.17, 15) is 9.59 Å². The highest BCUT2D eigenvalue weighted by atomic mass is 35.5. The molecule has 2 bridgehead atoms. The summed E-state index contributed by atoms with van der Waals surface area (Å²) in [5, 5.41) is 5.02. The minimum atomic E-state index is -0.209. The number of piperazine rings is 1. The lowest BCUT2D eigenvalue weighted by Gasteiger charge is -2.44. The number of hydrogen-bond donors (Lipinski definition) is 1. The zero-order valence-electron chi connectivity index (χ0n) is 25.7. The fourth-order valence-electron chi connectivity index (χ4n) is 6.24. The quantitative estimate of drug-likeness (QED) is 0.231. The molecule has 3 atom stereocenters. The van der Waals surface area contributed by atoms with Crippen LogP contribution in [0.2, 0.25) is 10.0 Å². The molecule has 2 heterocycles. The number of aryl methyl sites for hydroxylation is 1. The third-order valence-electron chi connectivity index (χ3n) is 8.77. The summed E-state index contributed by atoms with van der Waals surface area (Å²) in [5.74, 6) is 0.971. The molecular weight excluding hydrogens is 593 g/mol. The maximum absolute atomic E-state index is 14.1. The van der Waals surface area contributed by atoms with Crippen LogP contribution in [0.25, 0.3) is 5.57 Å². The lowest BCUT2D eigenvalue weighted by molar-refractivity contribution is -0.132. The van der Waals surface area contributed by atoms with Gasteiger partial charge < -0.3 is 19.9 Å². The molecule has 0 aromatic heterocycles. The number of ether oxygens (including phenoxy) is 1. The number of carbonyl (C=O) groups excluding carboxylic acids is 2. The van der Waals surface area contributed by atoms with E-state index in [4.69, 9.17) is 27.9 Å². The molecule has 8 heteroatoms. The molecule has 0 radical (unpaired) electrons. The number of nitrogens with zero attached hydrogens (tertiary/aromatic N) is 2. The van der Waals surface area contributed by atoms with Gasteiger partial charge in [-0.2, -0.15) is 0 Å². The monoisotopic (exact) mass is 633 g/mol. The van der Waals surface area contributed by atoms with Crippen molar-refractivity contribution in [1.82, 2.24) is 15.1 Å². The standard InChI is InChI=1S/C36H41Cl2N3O3/c1-24(29-10-4-5-11-31(29)37)18-19-40(3)36(43)35-30(21-28-22-41(25(2)42)23-33(35)39-28)27-16-14-26(15-17-27)9-8-20-44-34-13-7-6-12-32(34)38/h4-7,10-17,24,28,33,39H,8-9,18-23H2,1-3H3/t24-,28?,33?/m0/s1. The van der Waals surface area contributed by atoms with Crippen LogP contribution >= 0.6 is 23.2 Å². The van der Waals surface area contributed by atoms with Crippen molar-refractivity contribution in [1.29, 1.82) is 0 Å². The molecule has 44 heavy (non-hydrogen) atoms. The van der Waals surface area contributed by atoms with Gasteiger partial charge in [-0.1, -0.05) is 84.7 Å². The first-order chi connectivity index (χ1) is 21.2. The molecule has 0 saturated carbocycles. The Labute approximate surface area is 271 Å². The van der Waals surface area contributed by atoms with E-state index in [0.717, 1.165) is 46.6 Å². The normalized spacial score (nSPS) is 18.6. The van der Waals surface area contributed by atoms with Crippen molar-refractivity contribution >= 4 is 40.6 Å². The number of halogens is 2. The van der Waals surface area contributed by atoms with Crippen molar-refractivity contribution in [3.05, 3.63) is 105 Å². The predicted octanol–water partition coefficient (Wildman–Crippen LogP) is 7.00. The Bertz CT molecular complexity index is 1510. The first kappa shape index (κ1) is 32.1. The molecule has 1 N–H and O–H groups in total. The van der Waals surface area contributed by atoms with Crippen molar-refractivity contribution in [3.8, 4) is 5.75 Å². The highest BCUT2D eigenvalue weighted by Crippen LogP contribution is 2.35. The van der Waals surface area contributed by atoms with E-state index < -0.39 is 0 Å². The summed E-state index contributed by atoms with van der Waals surface area (Å²) < 4.78 is 5.85. The van der Waals surface area contributed by atoms with Gasteiger partial charge in [-0.25, -0.2) is 0 Å². The Morgan fingerprint density at radius 2 is 1.70 bits per heavy atom. The first-order valence-electron chi connectivity index (χ1n) is 15.4. The number of para-hydroxylation sites is 1. The van der Waals surface area contributed by atoms with Gasteiger partial charge in [-0.05, 0) is 72.1 Å². The Balaban J connectivity index is 1.30. The number of nitrogens with one attached hydrogen (secondary N) is 1. The van der Waals surface area contributed by atoms with Gasteiger partial charge in [0.15, 0.2) is 0 Å².